The second-order valence-electron chi connectivity index (χ2n) is 5.40. The summed E-state index contributed by atoms with van der Waals surface area (Å²) >= 11 is 3.87. The van der Waals surface area contributed by atoms with Crippen LogP contribution >= 0.6 is 12.6 Å². The van der Waals surface area contributed by atoms with Crippen LogP contribution in [0.15, 0.2) is 0 Å². The first kappa shape index (κ1) is 22.2. The maximum Gasteiger partial charge on any atom is 0.327 e. The van der Waals surface area contributed by atoms with Gasteiger partial charge in [0.15, 0.2) is 0 Å². The van der Waals surface area contributed by atoms with Crippen LogP contribution in [0.4, 0.5) is 0 Å². The first-order chi connectivity index (χ1) is 11.2. The Hall–Kier alpha value is -1.81. The summed E-state index contributed by atoms with van der Waals surface area (Å²) in [6, 6.07) is -3.03. The monoisotopic (exact) mass is 362 g/mol. The molecule has 9 nitrogen and oxygen atoms in total. The zero-order valence-corrected chi connectivity index (χ0v) is 14.6. The average molecular weight is 362 g/mol. The maximum atomic E-state index is 12.2. The minimum absolute atomic E-state index is 0.0405. The molecule has 0 aliphatic rings. The van der Waals surface area contributed by atoms with Crippen molar-refractivity contribution >= 4 is 36.3 Å². The van der Waals surface area contributed by atoms with E-state index in [4.69, 9.17) is 16.6 Å². The summed E-state index contributed by atoms with van der Waals surface area (Å²) in [6.45, 7) is 1.92. The predicted octanol–water partition coefficient (Wildman–Crippen LogP) is -1.25. The third kappa shape index (κ3) is 8.73. The van der Waals surface area contributed by atoms with Crippen LogP contribution in [0.2, 0.25) is 0 Å². The fraction of sp³-hybridized carbons (Fsp3) is 0.714. The van der Waals surface area contributed by atoms with E-state index < -0.39 is 41.8 Å². The lowest BCUT2D eigenvalue weighted by molar-refractivity contribution is -0.141. The number of amides is 3. The van der Waals surface area contributed by atoms with E-state index in [-0.39, 0.29) is 18.6 Å². The van der Waals surface area contributed by atoms with Crippen LogP contribution in [0.25, 0.3) is 0 Å². The number of nitrogens with two attached hydrogens (primary N) is 2. The number of hydrogen-bond donors (Lipinski definition) is 6. The topological polar surface area (TPSA) is 165 Å². The van der Waals surface area contributed by atoms with Crippen molar-refractivity contribution in [3.8, 4) is 0 Å². The predicted molar refractivity (Wildman–Crippen MR) is 91.3 cm³/mol. The van der Waals surface area contributed by atoms with Crippen LogP contribution < -0.4 is 22.1 Å². The lowest BCUT2D eigenvalue weighted by Crippen LogP contribution is -2.54. The van der Waals surface area contributed by atoms with Crippen molar-refractivity contribution in [1.82, 2.24) is 10.6 Å². The van der Waals surface area contributed by atoms with Gasteiger partial charge in [0.1, 0.15) is 12.1 Å². The summed E-state index contributed by atoms with van der Waals surface area (Å²) in [5, 5.41) is 13.8. The first-order valence-corrected chi connectivity index (χ1v) is 8.34. The zero-order valence-electron chi connectivity index (χ0n) is 13.7. The van der Waals surface area contributed by atoms with Gasteiger partial charge in [0.05, 0.1) is 6.04 Å². The van der Waals surface area contributed by atoms with Crippen molar-refractivity contribution in [2.45, 2.75) is 57.2 Å². The number of thiol groups is 1. The summed E-state index contributed by atoms with van der Waals surface area (Å²) in [5.41, 5.74) is 10.7. The summed E-state index contributed by atoms with van der Waals surface area (Å²) < 4.78 is 0. The second kappa shape index (κ2) is 11.7. The third-order valence-electron chi connectivity index (χ3n) is 3.32. The van der Waals surface area contributed by atoms with Crippen molar-refractivity contribution in [3.63, 3.8) is 0 Å². The molecule has 0 bridgehead atoms. The highest BCUT2D eigenvalue weighted by Gasteiger charge is 2.27. The highest BCUT2D eigenvalue weighted by Crippen LogP contribution is 2.04. The molecule has 0 saturated carbocycles. The van der Waals surface area contributed by atoms with Gasteiger partial charge < -0.3 is 27.2 Å². The van der Waals surface area contributed by atoms with Crippen LogP contribution in [0.5, 0.6) is 0 Å². The van der Waals surface area contributed by atoms with E-state index in [2.05, 4.69) is 23.3 Å². The van der Waals surface area contributed by atoms with Gasteiger partial charge in [0.2, 0.25) is 17.7 Å². The summed E-state index contributed by atoms with van der Waals surface area (Å²) in [4.78, 5) is 45.9. The molecule has 0 radical (unpaired) electrons. The molecular formula is C14H26N4O5S. The number of aliphatic carboxylic acids is 1. The number of nitrogens with one attached hydrogen (secondary N) is 2. The van der Waals surface area contributed by atoms with Crippen LogP contribution in [0.1, 0.15) is 39.0 Å². The third-order valence-corrected chi connectivity index (χ3v) is 3.68. The molecule has 0 spiro atoms. The second-order valence-corrected chi connectivity index (χ2v) is 5.76. The van der Waals surface area contributed by atoms with Gasteiger partial charge >= 0.3 is 5.97 Å². The largest absolute Gasteiger partial charge is 0.480 e. The molecule has 7 N–H and O–H groups in total. The molecule has 0 aliphatic carbocycles. The summed E-state index contributed by atoms with van der Waals surface area (Å²) in [6.07, 6.45) is 1.82. The van der Waals surface area contributed by atoms with Crippen LogP contribution in [-0.4, -0.2) is 52.7 Å². The molecule has 0 fully saturated rings. The van der Waals surface area contributed by atoms with E-state index in [1.165, 1.54) is 0 Å². The Labute approximate surface area is 146 Å². The van der Waals surface area contributed by atoms with Gasteiger partial charge in [0, 0.05) is 12.2 Å². The lowest BCUT2D eigenvalue weighted by atomic mass is 10.1. The van der Waals surface area contributed by atoms with Crippen molar-refractivity contribution < 1.29 is 24.3 Å². The number of unbranched alkanes of at least 4 members (excludes halogenated alkanes) is 1. The highest BCUT2D eigenvalue weighted by molar-refractivity contribution is 7.80. The fourth-order valence-corrected chi connectivity index (χ4v) is 2.09. The molecule has 24 heavy (non-hydrogen) atoms. The number of carboxylic acids is 1. The summed E-state index contributed by atoms with van der Waals surface area (Å²) in [5.74, 6) is -3.06. The first-order valence-electron chi connectivity index (χ1n) is 7.71. The molecule has 0 aromatic heterocycles. The SMILES string of the molecule is CCCC[C@H](NC(=O)[C@@H](N)CCC(N)=O)C(=O)N[C@@H](CS)C(=O)O. The van der Waals surface area contributed by atoms with E-state index in [1.807, 2.05) is 6.92 Å². The van der Waals surface area contributed by atoms with Gasteiger partial charge in [-0.1, -0.05) is 19.8 Å². The lowest BCUT2D eigenvalue weighted by Gasteiger charge is -2.22. The molecule has 0 unspecified atom stereocenters. The molecule has 0 aromatic carbocycles. The number of carbonyl (C=O) groups excluding carboxylic acids is 3. The molecule has 3 amide bonds. The standard InChI is InChI=1S/C14H26N4O5S/c1-2-3-4-9(13(21)18-10(7-24)14(22)23)17-12(20)8(15)5-6-11(16)19/h8-10,24H,2-7,15H2,1H3,(H2,16,19)(H,17,20)(H,18,21)(H,22,23)/t8-,9-,10-/m0/s1. The Balaban J connectivity index is 4.79. The van der Waals surface area contributed by atoms with Crippen LogP contribution in [0, 0.1) is 0 Å². The zero-order chi connectivity index (χ0) is 18.7. The van der Waals surface area contributed by atoms with Crippen LogP contribution in [0.3, 0.4) is 0 Å². The van der Waals surface area contributed by atoms with Crippen LogP contribution in [-0.2, 0) is 19.2 Å². The Bertz CT molecular complexity index is 460. The summed E-state index contributed by atoms with van der Waals surface area (Å²) in [7, 11) is 0. The number of primary amides is 1. The van der Waals surface area contributed by atoms with Crippen molar-refractivity contribution in [1.29, 1.82) is 0 Å². The number of carboxylic acid groups (broad SMARTS) is 1. The van der Waals surface area contributed by atoms with Gasteiger partial charge in [-0.2, -0.15) is 12.6 Å². The normalized spacial score (nSPS) is 14.3. The Morgan fingerprint density at radius 1 is 1.08 bits per heavy atom. The molecule has 0 heterocycles. The molecule has 0 aromatic rings. The Morgan fingerprint density at radius 3 is 2.12 bits per heavy atom. The Morgan fingerprint density at radius 2 is 1.67 bits per heavy atom. The van der Waals surface area contributed by atoms with Crippen molar-refractivity contribution in [2.24, 2.45) is 11.5 Å². The molecule has 0 rings (SSSR count). The quantitative estimate of drug-likeness (QED) is 0.237. The molecule has 0 saturated heterocycles. The number of hydrogen-bond acceptors (Lipinski definition) is 6. The fourth-order valence-electron chi connectivity index (χ4n) is 1.84. The van der Waals surface area contributed by atoms with Gasteiger partial charge in [-0.3, -0.25) is 14.4 Å². The van der Waals surface area contributed by atoms with Gasteiger partial charge in [0.25, 0.3) is 0 Å². The molecular weight excluding hydrogens is 336 g/mol. The number of rotatable bonds is 12. The highest BCUT2D eigenvalue weighted by atomic mass is 32.1. The molecule has 3 atom stereocenters. The van der Waals surface area contributed by atoms with Crippen molar-refractivity contribution in [2.75, 3.05) is 5.75 Å². The van der Waals surface area contributed by atoms with Gasteiger partial charge in [-0.15, -0.1) is 0 Å². The minimum atomic E-state index is -1.21. The Kier molecular flexibility index (Phi) is 10.8. The number of carbonyl (C=O) groups is 4. The molecule has 10 heteroatoms. The molecule has 138 valence electrons. The average Bonchev–Trinajstić information content (AvgIpc) is 2.52. The molecule has 0 aliphatic heterocycles. The smallest absolute Gasteiger partial charge is 0.327 e. The van der Waals surface area contributed by atoms with E-state index in [1.54, 1.807) is 0 Å². The van der Waals surface area contributed by atoms with E-state index in [0.717, 1.165) is 6.42 Å². The van der Waals surface area contributed by atoms with E-state index in [9.17, 15) is 19.2 Å². The van der Waals surface area contributed by atoms with E-state index in [0.29, 0.717) is 12.8 Å². The van der Waals surface area contributed by atoms with Crippen molar-refractivity contribution in [3.05, 3.63) is 0 Å². The maximum absolute atomic E-state index is 12.2. The minimum Gasteiger partial charge on any atom is -0.480 e. The van der Waals surface area contributed by atoms with Gasteiger partial charge in [-0.05, 0) is 12.8 Å². The van der Waals surface area contributed by atoms with E-state index >= 15 is 0 Å². The van der Waals surface area contributed by atoms with Gasteiger partial charge in [-0.25, -0.2) is 4.79 Å².